The summed E-state index contributed by atoms with van der Waals surface area (Å²) in [5.41, 5.74) is 1.02. The number of hydrogen-bond acceptors (Lipinski definition) is 5. The van der Waals surface area contributed by atoms with Crippen LogP contribution in [0.25, 0.3) is 0 Å². The predicted octanol–water partition coefficient (Wildman–Crippen LogP) is 2.25. The third-order valence-corrected chi connectivity index (χ3v) is 5.48. The van der Waals surface area contributed by atoms with E-state index in [1.807, 2.05) is 19.2 Å². The van der Waals surface area contributed by atoms with Gasteiger partial charge in [-0.05, 0) is 25.9 Å². The molecule has 0 spiro atoms. The first-order valence-corrected chi connectivity index (χ1v) is 10.1. The van der Waals surface area contributed by atoms with Gasteiger partial charge in [0.1, 0.15) is 17.2 Å². The van der Waals surface area contributed by atoms with Crippen molar-refractivity contribution in [3.63, 3.8) is 0 Å². The number of likely N-dealkylation sites (N-methyl/N-ethyl adjacent to an activating group) is 1. The molecule has 0 bridgehead atoms. The van der Waals surface area contributed by atoms with Crippen molar-refractivity contribution in [2.75, 3.05) is 61.1 Å². The Bertz CT molecular complexity index is 622. The van der Waals surface area contributed by atoms with Gasteiger partial charge in [-0.1, -0.05) is 13.8 Å². The molecule has 1 heterocycles. The zero-order valence-corrected chi connectivity index (χ0v) is 18.2. The van der Waals surface area contributed by atoms with E-state index < -0.39 is 0 Å². The van der Waals surface area contributed by atoms with Gasteiger partial charge in [-0.15, -0.1) is 0 Å². The van der Waals surface area contributed by atoms with E-state index >= 15 is 0 Å². The number of nitrogens with zero attached hydrogens (tertiary/aromatic N) is 3. The molecule has 0 radical (unpaired) electrons. The van der Waals surface area contributed by atoms with Crippen LogP contribution in [0.3, 0.4) is 0 Å². The van der Waals surface area contributed by atoms with Crippen molar-refractivity contribution in [2.24, 2.45) is 4.99 Å². The van der Waals surface area contributed by atoms with E-state index in [1.165, 1.54) is 6.42 Å². The lowest BCUT2D eigenvalue weighted by atomic mass is 10.1. The Morgan fingerprint density at radius 1 is 1.14 bits per heavy atom. The normalized spacial score (nSPS) is 17.2. The third-order valence-electron chi connectivity index (χ3n) is 5.48. The quantitative estimate of drug-likeness (QED) is 0.514. The number of nitrogens with one attached hydrogen (secondary N) is 1. The number of benzene rings is 1. The zero-order chi connectivity index (χ0) is 20.5. The highest BCUT2D eigenvalue weighted by atomic mass is 16.5. The highest BCUT2D eigenvalue weighted by Crippen LogP contribution is 2.34. The maximum Gasteiger partial charge on any atom is 0.193 e. The molecule has 1 unspecified atom stereocenters. The lowest BCUT2D eigenvalue weighted by Crippen LogP contribution is -2.43. The molecule has 0 saturated carbocycles. The van der Waals surface area contributed by atoms with Crippen LogP contribution < -0.4 is 19.5 Å². The fourth-order valence-electron chi connectivity index (χ4n) is 3.93. The largest absolute Gasteiger partial charge is 0.496 e. The molecule has 2 rings (SSSR count). The van der Waals surface area contributed by atoms with Gasteiger partial charge in [-0.3, -0.25) is 9.89 Å². The Kier molecular flexibility index (Phi) is 8.70. The molecular weight excluding hydrogens is 356 g/mol. The molecule has 0 aliphatic carbocycles. The Balaban J connectivity index is 1.98. The molecule has 1 atom stereocenters. The molecule has 28 heavy (non-hydrogen) atoms. The highest BCUT2D eigenvalue weighted by Gasteiger charge is 2.28. The summed E-state index contributed by atoms with van der Waals surface area (Å²) in [6.07, 6.45) is 1.95. The van der Waals surface area contributed by atoms with Crippen molar-refractivity contribution in [1.29, 1.82) is 0 Å². The van der Waals surface area contributed by atoms with Gasteiger partial charge in [0.05, 0.1) is 21.3 Å². The van der Waals surface area contributed by atoms with Crippen LogP contribution in [0.5, 0.6) is 17.2 Å². The van der Waals surface area contributed by atoms with Crippen LogP contribution in [0.15, 0.2) is 17.1 Å². The minimum atomic E-state index is 0.607. The van der Waals surface area contributed by atoms with E-state index in [-0.39, 0.29) is 0 Å². The molecule has 1 aromatic carbocycles. The molecule has 1 aliphatic heterocycles. The number of guanidine groups is 1. The van der Waals surface area contributed by atoms with Gasteiger partial charge < -0.3 is 24.4 Å². The lowest BCUT2D eigenvalue weighted by Gasteiger charge is -2.27. The second-order valence-electron chi connectivity index (χ2n) is 6.84. The van der Waals surface area contributed by atoms with Crippen molar-refractivity contribution in [1.82, 2.24) is 15.1 Å². The number of ether oxygens (including phenoxy) is 3. The number of aliphatic imine (C=N–C) groups is 1. The van der Waals surface area contributed by atoms with Crippen molar-refractivity contribution in [2.45, 2.75) is 32.7 Å². The molecule has 7 nitrogen and oxygen atoms in total. The van der Waals surface area contributed by atoms with Crippen LogP contribution in [-0.2, 0) is 6.42 Å². The van der Waals surface area contributed by atoms with Crippen LogP contribution in [0.1, 0.15) is 25.8 Å². The maximum absolute atomic E-state index is 5.55. The molecule has 1 N–H and O–H groups in total. The van der Waals surface area contributed by atoms with Crippen molar-refractivity contribution < 1.29 is 14.2 Å². The van der Waals surface area contributed by atoms with E-state index in [2.05, 4.69) is 34.0 Å². The summed E-state index contributed by atoms with van der Waals surface area (Å²) >= 11 is 0. The summed E-state index contributed by atoms with van der Waals surface area (Å²) < 4.78 is 16.4. The molecule has 1 aliphatic rings. The highest BCUT2D eigenvalue weighted by molar-refractivity contribution is 5.80. The van der Waals surface area contributed by atoms with Crippen molar-refractivity contribution >= 4 is 5.96 Å². The maximum atomic E-state index is 5.55. The number of hydrogen-bond donors (Lipinski definition) is 1. The van der Waals surface area contributed by atoms with E-state index in [1.54, 1.807) is 21.3 Å². The first-order valence-electron chi connectivity index (χ1n) is 10.1. The number of rotatable bonds is 9. The van der Waals surface area contributed by atoms with Crippen LogP contribution in [0.2, 0.25) is 0 Å². The monoisotopic (exact) mass is 392 g/mol. The second kappa shape index (κ2) is 11.0. The van der Waals surface area contributed by atoms with Crippen molar-refractivity contribution in [3.8, 4) is 17.2 Å². The molecule has 1 aromatic rings. The zero-order valence-electron chi connectivity index (χ0n) is 18.2. The Morgan fingerprint density at radius 2 is 1.79 bits per heavy atom. The van der Waals surface area contributed by atoms with Crippen LogP contribution in [-0.4, -0.2) is 82.9 Å². The Labute approximate surface area is 169 Å². The molecule has 1 saturated heterocycles. The SMILES string of the molecule is CCN(CC)C1CCN(C(=NC)NCCc2c(OC)cc(OC)cc2OC)C1. The summed E-state index contributed by atoms with van der Waals surface area (Å²) in [6.45, 7) is 9.46. The molecule has 7 heteroatoms. The number of likely N-dealkylation sites (tertiary alicyclic amines) is 1. The summed E-state index contributed by atoms with van der Waals surface area (Å²) in [6, 6.07) is 4.39. The summed E-state index contributed by atoms with van der Waals surface area (Å²) in [7, 11) is 6.83. The first-order chi connectivity index (χ1) is 13.6. The van der Waals surface area contributed by atoms with E-state index in [0.29, 0.717) is 6.04 Å². The summed E-state index contributed by atoms with van der Waals surface area (Å²) in [4.78, 5) is 9.37. The second-order valence-corrected chi connectivity index (χ2v) is 6.84. The Hall–Kier alpha value is -2.15. The van der Waals surface area contributed by atoms with Crippen LogP contribution >= 0.6 is 0 Å². The average Bonchev–Trinajstić information content (AvgIpc) is 3.21. The van der Waals surface area contributed by atoms with Crippen LogP contribution in [0.4, 0.5) is 0 Å². The van der Waals surface area contributed by atoms with Gasteiger partial charge in [0.2, 0.25) is 0 Å². The minimum Gasteiger partial charge on any atom is -0.496 e. The summed E-state index contributed by atoms with van der Waals surface area (Å²) in [5.74, 6) is 3.23. The molecular formula is C21H36N4O3. The van der Waals surface area contributed by atoms with E-state index in [9.17, 15) is 0 Å². The lowest BCUT2D eigenvalue weighted by molar-refractivity contribution is 0.223. The van der Waals surface area contributed by atoms with E-state index in [0.717, 1.165) is 67.9 Å². The summed E-state index contributed by atoms with van der Waals surface area (Å²) in [5, 5.41) is 3.50. The van der Waals surface area contributed by atoms with Gasteiger partial charge in [0, 0.05) is 50.4 Å². The Morgan fingerprint density at radius 3 is 2.29 bits per heavy atom. The van der Waals surface area contributed by atoms with Crippen molar-refractivity contribution in [3.05, 3.63) is 17.7 Å². The first kappa shape index (κ1) is 22.1. The van der Waals surface area contributed by atoms with Gasteiger partial charge in [0.25, 0.3) is 0 Å². The standard InChI is InChI=1S/C21H36N4O3/c1-7-24(8-2)16-10-12-25(15-16)21(22-3)23-11-9-18-19(27-5)13-17(26-4)14-20(18)28-6/h13-14,16H,7-12,15H2,1-6H3,(H,22,23). The minimum absolute atomic E-state index is 0.607. The predicted molar refractivity (Wildman–Crippen MR) is 114 cm³/mol. The fourth-order valence-corrected chi connectivity index (χ4v) is 3.93. The van der Waals surface area contributed by atoms with Gasteiger partial charge >= 0.3 is 0 Å². The van der Waals surface area contributed by atoms with Crippen LogP contribution in [0, 0.1) is 0 Å². The van der Waals surface area contributed by atoms with E-state index in [4.69, 9.17) is 14.2 Å². The fraction of sp³-hybridized carbons (Fsp3) is 0.667. The molecule has 1 fully saturated rings. The van der Waals surface area contributed by atoms with Gasteiger partial charge in [-0.25, -0.2) is 0 Å². The van der Waals surface area contributed by atoms with Gasteiger partial charge in [-0.2, -0.15) is 0 Å². The molecule has 158 valence electrons. The topological polar surface area (TPSA) is 58.6 Å². The molecule has 0 aromatic heterocycles. The van der Waals surface area contributed by atoms with Gasteiger partial charge in [0.15, 0.2) is 5.96 Å². The number of methoxy groups -OCH3 is 3. The third kappa shape index (κ3) is 5.22. The average molecular weight is 393 g/mol. The smallest absolute Gasteiger partial charge is 0.193 e. The molecule has 0 amide bonds.